The average Bonchev–Trinajstić information content (AvgIpc) is 3.11. The fourth-order valence-electron chi connectivity index (χ4n) is 1.79. The number of amides is 2. The van der Waals surface area contributed by atoms with E-state index in [1.165, 1.54) is 7.05 Å². The SMILES string of the molecule is CNC(=O)c1cc(S(N)(=O)=O)cc(C(=O)N[C@H]2C[C@H]2F)c1Br. The van der Waals surface area contributed by atoms with Gasteiger partial charge in [-0.15, -0.1) is 0 Å². The molecule has 0 unspecified atom stereocenters. The molecule has 120 valence electrons. The lowest BCUT2D eigenvalue weighted by Crippen LogP contribution is -2.29. The summed E-state index contributed by atoms with van der Waals surface area (Å²) in [7, 11) is -2.76. The molecule has 0 aliphatic heterocycles. The molecule has 2 rings (SSSR count). The van der Waals surface area contributed by atoms with Crippen LogP contribution in [0.1, 0.15) is 27.1 Å². The summed E-state index contributed by atoms with van der Waals surface area (Å²) in [6.45, 7) is 0. The molecule has 0 heterocycles. The highest BCUT2D eigenvalue weighted by Crippen LogP contribution is 2.29. The van der Waals surface area contributed by atoms with Gasteiger partial charge in [0.15, 0.2) is 0 Å². The Bertz CT molecular complexity index is 753. The van der Waals surface area contributed by atoms with Crippen molar-refractivity contribution in [1.82, 2.24) is 10.6 Å². The van der Waals surface area contributed by atoms with Gasteiger partial charge in [0.2, 0.25) is 10.0 Å². The Balaban J connectivity index is 2.51. The molecule has 0 saturated heterocycles. The predicted octanol–water partition coefficient (Wildman–Crippen LogP) is 0.296. The van der Waals surface area contributed by atoms with E-state index in [1.807, 2.05) is 0 Å². The molecule has 1 fully saturated rings. The molecular formula is C12H13BrFN3O4S. The molecule has 0 radical (unpaired) electrons. The predicted molar refractivity (Wildman–Crippen MR) is 79.7 cm³/mol. The summed E-state index contributed by atoms with van der Waals surface area (Å²) in [4.78, 5) is 23.6. The quantitative estimate of drug-likeness (QED) is 0.681. The van der Waals surface area contributed by atoms with E-state index in [0.29, 0.717) is 0 Å². The molecule has 1 aromatic carbocycles. The molecule has 1 saturated carbocycles. The van der Waals surface area contributed by atoms with Crippen LogP contribution in [0.25, 0.3) is 0 Å². The minimum Gasteiger partial charge on any atom is -0.355 e. The van der Waals surface area contributed by atoms with Crippen molar-refractivity contribution in [2.45, 2.75) is 23.5 Å². The van der Waals surface area contributed by atoms with Gasteiger partial charge in [0.1, 0.15) is 6.17 Å². The third-order valence-corrected chi connectivity index (χ3v) is 4.87. The fourth-order valence-corrected chi connectivity index (χ4v) is 2.94. The third kappa shape index (κ3) is 3.45. The van der Waals surface area contributed by atoms with Crippen molar-refractivity contribution in [1.29, 1.82) is 0 Å². The molecule has 0 spiro atoms. The van der Waals surface area contributed by atoms with E-state index in [4.69, 9.17) is 5.14 Å². The van der Waals surface area contributed by atoms with Crippen LogP contribution in [0.5, 0.6) is 0 Å². The molecule has 2 atom stereocenters. The van der Waals surface area contributed by atoms with Gasteiger partial charge in [-0.2, -0.15) is 0 Å². The number of hydrogen-bond donors (Lipinski definition) is 3. The van der Waals surface area contributed by atoms with E-state index in [-0.39, 0.29) is 26.9 Å². The highest BCUT2D eigenvalue weighted by atomic mass is 79.9. The normalized spacial score (nSPS) is 20.4. The minimum absolute atomic E-state index is 0.0632. The number of carbonyl (C=O) groups is 2. The van der Waals surface area contributed by atoms with Crippen LogP contribution in [0.2, 0.25) is 0 Å². The van der Waals surface area contributed by atoms with Gasteiger partial charge in [-0.3, -0.25) is 9.59 Å². The standard InChI is InChI=1S/C12H13BrFN3O4S/c1-16-11(18)6-2-5(22(15,20)21)3-7(10(6)13)12(19)17-9-4-8(9)14/h2-3,8-9H,4H2,1H3,(H,16,18)(H,17,19)(H2,15,20,21)/t8-,9+/m1/s1. The van der Waals surface area contributed by atoms with Crippen LogP contribution in [-0.4, -0.2) is 39.5 Å². The van der Waals surface area contributed by atoms with E-state index in [2.05, 4.69) is 26.6 Å². The average molecular weight is 394 g/mol. The van der Waals surface area contributed by atoms with Crippen molar-refractivity contribution >= 4 is 37.8 Å². The molecule has 0 bridgehead atoms. The number of benzene rings is 1. The summed E-state index contributed by atoms with van der Waals surface area (Å²) < 4.78 is 36.0. The highest BCUT2D eigenvalue weighted by molar-refractivity contribution is 9.10. The second-order valence-electron chi connectivity index (χ2n) is 4.79. The zero-order chi connectivity index (χ0) is 16.7. The lowest BCUT2D eigenvalue weighted by atomic mass is 10.1. The maximum atomic E-state index is 12.9. The van der Waals surface area contributed by atoms with Crippen LogP contribution in [0, 0.1) is 0 Å². The molecule has 10 heteroatoms. The molecule has 1 aliphatic carbocycles. The first-order valence-electron chi connectivity index (χ1n) is 6.18. The van der Waals surface area contributed by atoms with Crippen molar-refractivity contribution < 1.29 is 22.4 Å². The summed E-state index contributed by atoms with van der Waals surface area (Å²) in [6.07, 6.45) is -0.900. The second-order valence-corrected chi connectivity index (χ2v) is 7.14. The lowest BCUT2D eigenvalue weighted by molar-refractivity contribution is 0.0946. The van der Waals surface area contributed by atoms with Crippen molar-refractivity contribution in [2.75, 3.05) is 7.05 Å². The van der Waals surface area contributed by atoms with Crippen molar-refractivity contribution in [3.8, 4) is 0 Å². The van der Waals surface area contributed by atoms with Crippen LogP contribution in [-0.2, 0) is 10.0 Å². The summed E-state index contributed by atoms with van der Waals surface area (Å²) in [5.41, 5.74) is -0.170. The van der Waals surface area contributed by atoms with E-state index < -0.39 is 34.1 Å². The number of alkyl halides is 1. The van der Waals surface area contributed by atoms with Crippen LogP contribution < -0.4 is 15.8 Å². The smallest absolute Gasteiger partial charge is 0.252 e. The van der Waals surface area contributed by atoms with Crippen LogP contribution in [0.3, 0.4) is 0 Å². The Morgan fingerprint density at radius 3 is 2.23 bits per heavy atom. The van der Waals surface area contributed by atoms with Crippen molar-refractivity contribution in [3.05, 3.63) is 27.7 Å². The largest absolute Gasteiger partial charge is 0.355 e. The number of carbonyl (C=O) groups excluding carboxylic acids is 2. The third-order valence-electron chi connectivity index (χ3n) is 3.12. The highest BCUT2D eigenvalue weighted by Gasteiger charge is 2.39. The maximum absolute atomic E-state index is 12.9. The van der Waals surface area contributed by atoms with Crippen LogP contribution in [0.4, 0.5) is 4.39 Å². The molecule has 4 N–H and O–H groups in total. The van der Waals surface area contributed by atoms with Gasteiger partial charge in [0.05, 0.1) is 22.1 Å². The fraction of sp³-hybridized carbons (Fsp3) is 0.333. The van der Waals surface area contributed by atoms with Gasteiger partial charge < -0.3 is 10.6 Å². The number of nitrogens with two attached hydrogens (primary N) is 1. The van der Waals surface area contributed by atoms with Crippen molar-refractivity contribution in [2.24, 2.45) is 5.14 Å². The zero-order valence-electron chi connectivity index (χ0n) is 11.4. The monoisotopic (exact) mass is 393 g/mol. The Kier molecular flexibility index (Phi) is 4.54. The molecule has 1 aromatic rings. The number of hydrogen-bond acceptors (Lipinski definition) is 4. The van der Waals surface area contributed by atoms with Crippen LogP contribution >= 0.6 is 15.9 Å². The minimum atomic E-state index is -4.12. The second kappa shape index (κ2) is 5.94. The molecule has 22 heavy (non-hydrogen) atoms. The Hall–Kier alpha value is -1.52. The first kappa shape index (κ1) is 16.8. The number of halogens is 2. The van der Waals surface area contributed by atoms with E-state index >= 15 is 0 Å². The molecule has 1 aliphatic rings. The molecular weight excluding hydrogens is 381 g/mol. The lowest BCUT2D eigenvalue weighted by Gasteiger charge is -2.12. The van der Waals surface area contributed by atoms with Gasteiger partial charge >= 0.3 is 0 Å². The van der Waals surface area contributed by atoms with Gasteiger partial charge in [-0.05, 0) is 28.1 Å². The van der Waals surface area contributed by atoms with E-state index in [1.54, 1.807) is 0 Å². The van der Waals surface area contributed by atoms with Crippen LogP contribution in [0.15, 0.2) is 21.5 Å². The molecule has 7 nitrogen and oxygen atoms in total. The van der Waals surface area contributed by atoms with Gasteiger partial charge in [-0.1, -0.05) is 0 Å². The van der Waals surface area contributed by atoms with E-state index in [9.17, 15) is 22.4 Å². The van der Waals surface area contributed by atoms with Crippen molar-refractivity contribution in [3.63, 3.8) is 0 Å². The number of sulfonamides is 1. The topological polar surface area (TPSA) is 118 Å². The van der Waals surface area contributed by atoms with E-state index in [0.717, 1.165) is 12.1 Å². The number of nitrogens with one attached hydrogen (secondary N) is 2. The molecule has 2 amide bonds. The molecule has 0 aromatic heterocycles. The Morgan fingerprint density at radius 2 is 1.82 bits per heavy atom. The van der Waals surface area contributed by atoms with Gasteiger partial charge in [-0.25, -0.2) is 17.9 Å². The zero-order valence-corrected chi connectivity index (χ0v) is 13.8. The first-order chi connectivity index (χ1) is 10.1. The summed E-state index contributed by atoms with van der Waals surface area (Å²) in [5.74, 6) is -1.28. The van der Waals surface area contributed by atoms with Gasteiger partial charge in [0, 0.05) is 17.9 Å². The number of rotatable bonds is 4. The Labute approximate surface area is 134 Å². The summed E-state index contributed by atoms with van der Waals surface area (Å²) in [5, 5.41) is 9.80. The summed E-state index contributed by atoms with van der Waals surface area (Å²) in [6, 6.07) is 1.50. The number of primary sulfonamides is 1. The van der Waals surface area contributed by atoms with Gasteiger partial charge in [0.25, 0.3) is 11.8 Å². The maximum Gasteiger partial charge on any atom is 0.252 e. The summed E-state index contributed by atoms with van der Waals surface area (Å²) >= 11 is 3.10. The Morgan fingerprint density at radius 1 is 1.32 bits per heavy atom. The first-order valence-corrected chi connectivity index (χ1v) is 8.52.